The van der Waals surface area contributed by atoms with Gasteiger partial charge in [-0.15, -0.1) is 0 Å². The summed E-state index contributed by atoms with van der Waals surface area (Å²) in [6.45, 7) is 7.16. The van der Waals surface area contributed by atoms with Gasteiger partial charge in [0.15, 0.2) is 0 Å². The van der Waals surface area contributed by atoms with E-state index in [4.69, 9.17) is 0 Å². The molecule has 1 fully saturated rings. The molecule has 0 heterocycles. The van der Waals surface area contributed by atoms with Crippen molar-refractivity contribution in [2.45, 2.75) is 69.8 Å². The lowest BCUT2D eigenvalue weighted by molar-refractivity contribution is 0.000410. The minimum Gasteiger partial charge on any atom is -0.390 e. The third-order valence-corrected chi connectivity index (χ3v) is 4.87. The molecule has 0 amide bonds. The maximum Gasteiger partial charge on any atom is 0.0645 e. The summed E-state index contributed by atoms with van der Waals surface area (Å²) >= 11 is 0. The Morgan fingerprint density at radius 3 is 2.08 bits per heavy atom. The van der Waals surface area contributed by atoms with Crippen molar-refractivity contribution >= 4 is 8.07 Å². The fourth-order valence-electron chi connectivity index (χ4n) is 2.07. The van der Waals surface area contributed by atoms with Gasteiger partial charge in [0.05, 0.1) is 5.60 Å². The summed E-state index contributed by atoms with van der Waals surface area (Å²) in [5.41, 5.74) is -0.279. The molecule has 1 nitrogen and oxygen atoms in total. The van der Waals surface area contributed by atoms with E-state index >= 15 is 0 Å². The molecule has 1 aliphatic carbocycles. The van der Waals surface area contributed by atoms with Crippen LogP contribution in [0.25, 0.3) is 0 Å². The van der Waals surface area contributed by atoms with Gasteiger partial charge in [0.2, 0.25) is 0 Å². The van der Waals surface area contributed by atoms with E-state index in [1.54, 1.807) is 0 Å². The Morgan fingerprint density at radius 2 is 1.62 bits per heavy atom. The third-order valence-electron chi connectivity index (χ3n) is 3.12. The van der Waals surface area contributed by atoms with Gasteiger partial charge in [0.25, 0.3) is 0 Å². The minimum atomic E-state index is -0.948. The summed E-state index contributed by atoms with van der Waals surface area (Å²) < 4.78 is 0. The molecule has 13 heavy (non-hydrogen) atoms. The van der Waals surface area contributed by atoms with Crippen molar-refractivity contribution in [3.05, 3.63) is 0 Å². The fourth-order valence-corrected chi connectivity index (χ4v) is 3.28. The van der Waals surface area contributed by atoms with Crippen LogP contribution in [0.2, 0.25) is 25.7 Å². The van der Waals surface area contributed by atoms with Crippen LogP contribution in [0.5, 0.6) is 0 Å². The first-order valence-electron chi connectivity index (χ1n) is 5.64. The first-order chi connectivity index (χ1) is 5.91. The van der Waals surface area contributed by atoms with E-state index < -0.39 is 8.07 Å². The molecule has 0 aromatic heterocycles. The van der Waals surface area contributed by atoms with Gasteiger partial charge in [-0.3, -0.25) is 0 Å². The lowest BCUT2D eigenvalue weighted by Gasteiger charge is -2.34. The molecule has 0 aliphatic heterocycles. The van der Waals surface area contributed by atoms with Crippen LogP contribution in [-0.4, -0.2) is 18.8 Å². The van der Waals surface area contributed by atoms with E-state index in [0.717, 1.165) is 19.3 Å². The number of hydrogen-bond donors (Lipinski definition) is 1. The predicted octanol–water partition coefficient (Wildman–Crippen LogP) is 3.41. The SMILES string of the molecule is C[Si](C)(C)CCC1(O)CCCCC1. The van der Waals surface area contributed by atoms with Gasteiger partial charge in [-0.25, -0.2) is 0 Å². The fraction of sp³-hybridized carbons (Fsp3) is 1.00. The van der Waals surface area contributed by atoms with E-state index in [2.05, 4.69) is 19.6 Å². The smallest absolute Gasteiger partial charge is 0.0645 e. The number of hydrogen-bond acceptors (Lipinski definition) is 1. The number of aliphatic hydroxyl groups is 1. The lowest BCUT2D eigenvalue weighted by Crippen LogP contribution is -2.34. The molecule has 0 unspecified atom stereocenters. The van der Waals surface area contributed by atoms with Crippen molar-refractivity contribution in [3.8, 4) is 0 Å². The highest BCUT2D eigenvalue weighted by Gasteiger charge is 2.30. The zero-order valence-corrected chi connectivity index (χ0v) is 10.4. The van der Waals surface area contributed by atoms with Crippen LogP contribution in [0.3, 0.4) is 0 Å². The van der Waals surface area contributed by atoms with Crippen LogP contribution < -0.4 is 0 Å². The molecule has 2 heteroatoms. The maximum absolute atomic E-state index is 10.3. The van der Waals surface area contributed by atoms with Crippen molar-refractivity contribution in [3.63, 3.8) is 0 Å². The van der Waals surface area contributed by atoms with Gasteiger partial charge in [0.1, 0.15) is 0 Å². The molecule has 78 valence electrons. The second-order valence-electron chi connectivity index (χ2n) is 5.85. The Hall–Kier alpha value is 0.177. The zero-order chi connectivity index (χ0) is 9.95. The van der Waals surface area contributed by atoms with Crippen molar-refractivity contribution in [2.24, 2.45) is 0 Å². The normalized spacial score (nSPS) is 23.1. The first-order valence-corrected chi connectivity index (χ1v) is 9.34. The first kappa shape index (κ1) is 11.3. The Kier molecular flexibility index (Phi) is 3.58. The molecular formula is C11H24OSi. The third kappa shape index (κ3) is 4.27. The van der Waals surface area contributed by atoms with E-state index in [-0.39, 0.29) is 5.60 Å². The van der Waals surface area contributed by atoms with Crippen LogP contribution in [0.15, 0.2) is 0 Å². The topological polar surface area (TPSA) is 20.2 Å². The van der Waals surface area contributed by atoms with E-state index in [0.29, 0.717) is 0 Å². The second-order valence-corrected chi connectivity index (χ2v) is 11.5. The Morgan fingerprint density at radius 1 is 1.08 bits per heavy atom. The monoisotopic (exact) mass is 200 g/mol. The molecule has 0 radical (unpaired) electrons. The van der Waals surface area contributed by atoms with Crippen LogP contribution in [0.4, 0.5) is 0 Å². The zero-order valence-electron chi connectivity index (χ0n) is 9.40. The maximum atomic E-state index is 10.3. The highest BCUT2D eigenvalue weighted by Crippen LogP contribution is 2.33. The van der Waals surface area contributed by atoms with Gasteiger partial charge in [-0.05, 0) is 19.3 Å². The molecule has 1 rings (SSSR count). The summed E-state index contributed by atoms with van der Waals surface area (Å²) in [6.07, 6.45) is 6.97. The Bertz CT molecular complexity index is 154. The van der Waals surface area contributed by atoms with Crippen molar-refractivity contribution in [1.82, 2.24) is 0 Å². The highest BCUT2D eigenvalue weighted by molar-refractivity contribution is 6.76. The van der Waals surface area contributed by atoms with Crippen LogP contribution in [0, 0.1) is 0 Å². The highest BCUT2D eigenvalue weighted by atomic mass is 28.3. The second kappa shape index (κ2) is 4.14. The molecule has 0 spiro atoms. The molecule has 0 aromatic carbocycles. The predicted molar refractivity (Wildman–Crippen MR) is 60.8 cm³/mol. The largest absolute Gasteiger partial charge is 0.390 e. The van der Waals surface area contributed by atoms with E-state index in [9.17, 15) is 5.11 Å². The van der Waals surface area contributed by atoms with Crippen LogP contribution in [0.1, 0.15) is 38.5 Å². The number of rotatable bonds is 3. The van der Waals surface area contributed by atoms with Crippen molar-refractivity contribution in [1.29, 1.82) is 0 Å². The van der Waals surface area contributed by atoms with Crippen LogP contribution in [-0.2, 0) is 0 Å². The van der Waals surface area contributed by atoms with Gasteiger partial charge in [-0.2, -0.15) is 0 Å². The summed E-state index contributed by atoms with van der Waals surface area (Å²) in [7, 11) is -0.948. The van der Waals surface area contributed by atoms with E-state index in [1.165, 1.54) is 25.3 Å². The molecule has 0 atom stereocenters. The van der Waals surface area contributed by atoms with Crippen molar-refractivity contribution in [2.75, 3.05) is 0 Å². The lowest BCUT2D eigenvalue weighted by atomic mass is 9.83. The minimum absolute atomic E-state index is 0.279. The molecule has 0 bridgehead atoms. The molecule has 1 aliphatic rings. The van der Waals surface area contributed by atoms with Crippen molar-refractivity contribution < 1.29 is 5.11 Å². The molecule has 1 N–H and O–H groups in total. The Balaban J connectivity index is 2.33. The van der Waals surface area contributed by atoms with E-state index in [1.807, 2.05) is 0 Å². The van der Waals surface area contributed by atoms with Gasteiger partial charge in [0, 0.05) is 8.07 Å². The van der Waals surface area contributed by atoms with Gasteiger partial charge < -0.3 is 5.11 Å². The molecule has 0 saturated heterocycles. The summed E-state index contributed by atoms with van der Waals surface area (Å²) in [5, 5.41) is 10.3. The van der Waals surface area contributed by atoms with Gasteiger partial charge in [-0.1, -0.05) is 44.9 Å². The molecular weight excluding hydrogens is 176 g/mol. The molecule has 1 saturated carbocycles. The average Bonchev–Trinajstić information content (AvgIpc) is 2.02. The summed E-state index contributed by atoms with van der Waals surface area (Å²) in [4.78, 5) is 0. The summed E-state index contributed by atoms with van der Waals surface area (Å²) in [6, 6.07) is 1.28. The quantitative estimate of drug-likeness (QED) is 0.692. The van der Waals surface area contributed by atoms with Crippen LogP contribution >= 0.6 is 0 Å². The Labute approximate surface area is 83.6 Å². The van der Waals surface area contributed by atoms with Gasteiger partial charge >= 0.3 is 0 Å². The average molecular weight is 200 g/mol. The molecule has 0 aromatic rings. The summed E-state index contributed by atoms with van der Waals surface area (Å²) in [5.74, 6) is 0. The standard InChI is InChI=1S/C11H24OSi/c1-13(2,3)10-9-11(12)7-5-4-6-8-11/h12H,4-10H2,1-3H3.